The first-order chi connectivity index (χ1) is 8.65. The van der Waals surface area contributed by atoms with Crippen LogP contribution in [0.15, 0.2) is 0 Å². The maximum Gasteiger partial charge on any atom is 0.227 e. The van der Waals surface area contributed by atoms with Gasteiger partial charge in [0.05, 0.1) is 10.2 Å². The number of hydrogen-bond acceptors (Lipinski definition) is 4. The van der Waals surface area contributed by atoms with E-state index in [1.165, 1.54) is 6.26 Å². The molecule has 0 atom stereocenters. The van der Waals surface area contributed by atoms with E-state index in [0.717, 1.165) is 32.1 Å². The van der Waals surface area contributed by atoms with Crippen LogP contribution >= 0.6 is 0 Å². The van der Waals surface area contributed by atoms with Gasteiger partial charge in [0.15, 0.2) is 9.84 Å². The highest BCUT2D eigenvalue weighted by Crippen LogP contribution is 2.35. The van der Waals surface area contributed by atoms with E-state index in [9.17, 15) is 13.2 Å². The van der Waals surface area contributed by atoms with Gasteiger partial charge in [-0.05, 0) is 26.7 Å². The van der Waals surface area contributed by atoms with Crippen LogP contribution in [0.4, 0.5) is 0 Å². The van der Waals surface area contributed by atoms with Gasteiger partial charge in [0, 0.05) is 19.3 Å². The van der Waals surface area contributed by atoms with Crippen molar-refractivity contribution in [1.29, 1.82) is 0 Å². The molecule has 0 bridgehead atoms. The zero-order valence-corrected chi connectivity index (χ0v) is 13.0. The van der Waals surface area contributed by atoms with E-state index < -0.39 is 20.0 Å². The number of sulfone groups is 1. The maximum absolute atomic E-state index is 12.3. The molecule has 3 N–H and O–H groups in total. The Balaban J connectivity index is 2.69. The Morgan fingerprint density at radius 2 is 1.79 bits per heavy atom. The summed E-state index contributed by atoms with van der Waals surface area (Å²) < 4.78 is 22.3. The minimum atomic E-state index is -3.20. The predicted octanol–water partition coefficient (Wildman–Crippen LogP) is 0.835. The van der Waals surface area contributed by atoms with Gasteiger partial charge in [-0.1, -0.05) is 19.3 Å². The van der Waals surface area contributed by atoms with Crippen LogP contribution in [0.2, 0.25) is 0 Å². The molecule has 0 spiro atoms. The Bertz CT molecular complexity index is 423. The molecule has 0 saturated heterocycles. The van der Waals surface area contributed by atoms with Crippen LogP contribution in [-0.4, -0.2) is 38.4 Å². The van der Waals surface area contributed by atoms with Gasteiger partial charge in [-0.15, -0.1) is 0 Å². The second-order valence-electron chi connectivity index (χ2n) is 6.26. The van der Waals surface area contributed by atoms with Crippen molar-refractivity contribution in [2.75, 3.05) is 19.3 Å². The quantitative estimate of drug-likeness (QED) is 0.785. The molecule has 6 heteroatoms. The first kappa shape index (κ1) is 16.4. The first-order valence-corrected chi connectivity index (χ1v) is 8.72. The summed E-state index contributed by atoms with van der Waals surface area (Å²) in [6, 6.07) is 0. The molecule has 112 valence electrons. The molecule has 0 aliphatic heterocycles. The minimum Gasteiger partial charge on any atom is -0.354 e. The summed E-state index contributed by atoms with van der Waals surface area (Å²) in [6.45, 7) is 3.71. The highest BCUT2D eigenvalue weighted by Gasteiger charge is 2.39. The molecule has 0 radical (unpaired) electrons. The van der Waals surface area contributed by atoms with Crippen LogP contribution in [0.5, 0.6) is 0 Å². The summed E-state index contributed by atoms with van der Waals surface area (Å²) in [5.74, 6) is -0.0913. The highest BCUT2D eigenvalue weighted by atomic mass is 32.2. The SMILES string of the molecule is CC(C)(CNC(=O)C1(CN)CCCCC1)S(C)(=O)=O. The third-order valence-corrected chi connectivity index (χ3v) is 6.51. The minimum absolute atomic E-state index is 0.0913. The molecule has 1 fully saturated rings. The number of carbonyl (C=O) groups excluding carboxylic acids is 1. The molecule has 0 unspecified atom stereocenters. The van der Waals surface area contributed by atoms with Crippen LogP contribution in [0, 0.1) is 5.41 Å². The van der Waals surface area contributed by atoms with Crippen LogP contribution in [0.3, 0.4) is 0 Å². The smallest absolute Gasteiger partial charge is 0.227 e. The van der Waals surface area contributed by atoms with Gasteiger partial charge in [0.1, 0.15) is 0 Å². The number of carbonyl (C=O) groups is 1. The molecule has 1 aliphatic carbocycles. The topological polar surface area (TPSA) is 89.3 Å². The fourth-order valence-electron chi connectivity index (χ4n) is 2.36. The third kappa shape index (κ3) is 3.69. The van der Waals surface area contributed by atoms with E-state index in [4.69, 9.17) is 5.73 Å². The second-order valence-corrected chi connectivity index (χ2v) is 8.91. The average Bonchev–Trinajstić information content (AvgIpc) is 2.35. The Morgan fingerprint density at radius 1 is 1.26 bits per heavy atom. The van der Waals surface area contributed by atoms with Crippen molar-refractivity contribution >= 4 is 15.7 Å². The zero-order valence-electron chi connectivity index (χ0n) is 12.2. The fraction of sp³-hybridized carbons (Fsp3) is 0.923. The van der Waals surface area contributed by atoms with Crippen molar-refractivity contribution in [2.45, 2.75) is 50.7 Å². The first-order valence-electron chi connectivity index (χ1n) is 6.83. The van der Waals surface area contributed by atoms with E-state index >= 15 is 0 Å². The number of hydrogen-bond donors (Lipinski definition) is 2. The lowest BCUT2D eigenvalue weighted by atomic mass is 9.73. The van der Waals surface area contributed by atoms with Crippen molar-refractivity contribution in [3.63, 3.8) is 0 Å². The fourth-order valence-corrected chi connectivity index (χ4v) is 2.70. The zero-order chi connectivity index (χ0) is 14.7. The molecule has 0 aromatic rings. The number of rotatable bonds is 5. The molecule has 5 nitrogen and oxygen atoms in total. The molecule has 19 heavy (non-hydrogen) atoms. The van der Waals surface area contributed by atoms with E-state index in [-0.39, 0.29) is 12.5 Å². The summed E-state index contributed by atoms with van der Waals surface area (Å²) >= 11 is 0. The van der Waals surface area contributed by atoms with E-state index in [2.05, 4.69) is 5.32 Å². The summed E-state index contributed by atoms with van der Waals surface area (Å²) in [6.07, 6.45) is 5.96. The summed E-state index contributed by atoms with van der Waals surface area (Å²) in [5, 5.41) is 2.79. The van der Waals surface area contributed by atoms with Crippen LogP contribution in [-0.2, 0) is 14.6 Å². The van der Waals surface area contributed by atoms with Crippen molar-refractivity contribution in [3.05, 3.63) is 0 Å². The molecule has 1 amide bonds. The standard InChI is InChI=1S/C13H26N2O3S/c1-12(2,19(3,17)18)10-15-11(16)13(9-14)7-5-4-6-8-13/h4-10,14H2,1-3H3,(H,15,16). The number of nitrogens with one attached hydrogen (secondary N) is 1. The van der Waals surface area contributed by atoms with Gasteiger partial charge in [-0.25, -0.2) is 8.42 Å². The number of amides is 1. The maximum atomic E-state index is 12.3. The Morgan fingerprint density at radius 3 is 2.21 bits per heavy atom. The van der Waals surface area contributed by atoms with Gasteiger partial charge in [-0.2, -0.15) is 0 Å². The van der Waals surface area contributed by atoms with Crippen LogP contribution < -0.4 is 11.1 Å². The lowest BCUT2D eigenvalue weighted by Crippen LogP contribution is -2.51. The summed E-state index contributed by atoms with van der Waals surface area (Å²) in [7, 11) is -3.20. The number of nitrogens with two attached hydrogens (primary N) is 1. The van der Waals surface area contributed by atoms with E-state index in [0.29, 0.717) is 6.54 Å². The van der Waals surface area contributed by atoms with Gasteiger partial charge < -0.3 is 11.1 Å². The Hall–Kier alpha value is -0.620. The average molecular weight is 290 g/mol. The van der Waals surface area contributed by atoms with Gasteiger partial charge >= 0.3 is 0 Å². The molecular weight excluding hydrogens is 264 g/mol. The van der Waals surface area contributed by atoms with Crippen molar-refractivity contribution in [2.24, 2.45) is 11.1 Å². The molecule has 0 heterocycles. The van der Waals surface area contributed by atoms with Crippen molar-refractivity contribution in [3.8, 4) is 0 Å². The molecular formula is C13H26N2O3S. The lowest BCUT2D eigenvalue weighted by molar-refractivity contribution is -0.132. The Kier molecular flexibility index (Phi) is 5.01. The van der Waals surface area contributed by atoms with Crippen molar-refractivity contribution < 1.29 is 13.2 Å². The van der Waals surface area contributed by atoms with E-state index in [1.54, 1.807) is 13.8 Å². The van der Waals surface area contributed by atoms with Gasteiger partial charge in [0.25, 0.3) is 0 Å². The predicted molar refractivity (Wildman–Crippen MR) is 76.5 cm³/mol. The molecule has 1 rings (SSSR count). The van der Waals surface area contributed by atoms with Gasteiger partial charge in [0.2, 0.25) is 5.91 Å². The third-order valence-electron chi connectivity index (χ3n) is 4.36. The lowest BCUT2D eigenvalue weighted by Gasteiger charge is -2.35. The largest absolute Gasteiger partial charge is 0.354 e. The second kappa shape index (κ2) is 5.79. The van der Waals surface area contributed by atoms with E-state index in [1.807, 2.05) is 0 Å². The Labute approximate surface area is 116 Å². The molecule has 1 aliphatic rings. The summed E-state index contributed by atoms with van der Waals surface area (Å²) in [5.41, 5.74) is 5.29. The summed E-state index contributed by atoms with van der Waals surface area (Å²) in [4.78, 5) is 12.3. The highest BCUT2D eigenvalue weighted by molar-refractivity contribution is 7.92. The molecule has 1 saturated carbocycles. The normalized spacial score (nSPS) is 20.0. The van der Waals surface area contributed by atoms with Crippen LogP contribution in [0.1, 0.15) is 46.0 Å². The van der Waals surface area contributed by atoms with Gasteiger partial charge in [-0.3, -0.25) is 4.79 Å². The molecule has 0 aromatic heterocycles. The molecule has 0 aromatic carbocycles. The van der Waals surface area contributed by atoms with Crippen molar-refractivity contribution in [1.82, 2.24) is 5.32 Å². The monoisotopic (exact) mass is 290 g/mol. The van der Waals surface area contributed by atoms with Crippen LogP contribution in [0.25, 0.3) is 0 Å².